The van der Waals surface area contributed by atoms with Crippen LogP contribution in [0.5, 0.6) is 0 Å². The van der Waals surface area contributed by atoms with Gasteiger partial charge in [-0.3, -0.25) is 4.79 Å². The van der Waals surface area contributed by atoms with E-state index < -0.39 is 21.0 Å². The molecule has 5 nitrogen and oxygen atoms in total. The summed E-state index contributed by atoms with van der Waals surface area (Å²) in [5.74, 6) is -0.402. The SMILES string of the molecule is CC(C(=O)NCC[C@H]1CCCN1)S(C)(=O)=O.Cl. The predicted octanol–water partition coefficient (Wildman–Crippen LogP) is 0.0996. The highest BCUT2D eigenvalue weighted by atomic mass is 35.5. The third kappa shape index (κ3) is 5.70. The van der Waals surface area contributed by atoms with Crippen molar-refractivity contribution >= 4 is 28.2 Å². The Balaban J connectivity index is 0.00000256. The molecule has 0 bridgehead atoms. The predicted molar refractivity (Wildman–Crippen MR) is 70.2 cm³/mol. The highest BCUT2D eigenvalue weighted by Crippen LogP contribution is 2.07. The van der Waals surface area contributed by atoms with E-state index in [2.05, 4.69) is 10.6 Å². The maximum absolute atomic E-state index is 11.5. The van der Waals surface area contributed by atoms with Crippen molar-refractivity contribution in [1.82, 2.24) is 10.6 Å². The van der Waals surface area contributed by atoms with Gasteiger partial charge in [-0.25, -0.2) is 8.42 Å². The molecular formula is C10H21ClN2O3S. The Bertz CT molecular complexity index is 339. The number of rotatable bonds is 5. The van der Waals surface area contributed by atoms with Gasteiger partial charge in [0.25, 0.3) is 0 Å². The summed E-state index contributed by atoms with van der Waals surface area (Å²) in [6, 6.07) is 0.467. The number of halogens is 1. The topological polar surface area (TPSA) is 75.3 Å². The van der Waals surface area contributed by atoms with Crippen molar-refractivity contribution in [2.45, 2.75) is 37.5 Å². The molecule has 0 radical (unpaired) electrons. The standard InChI is InChI=1S/C10H20N2O3S.ClH/c1-8(16(2,14)15)10(13)12-7-5-9-4-3-6-11-9;/h8-9,11H,3-7H2,1-2H3,(H,12,13);1H/t8?,9-;/m1./s1. The average molecular weight is 285 g/mol. The van der Waals surface area contributed by atoms with Gasteiger partial charge in [-0.05, 0) is 32.7 Å². The monoisotopic (exact) mass is 284 g/mol. The molecule has 0 spiro atoms. The minimum atomic E-state index is -3.28. The molecule has 0 aliphatic carbocycles. The van der Waals surface area contributed by atoms with Gasteiger partial charge < -0.3 is 10.6 Å². The van der Waals surface area contributed by atoms with E-state index in [0.29, 0.717) is 12.6 Å². The molecule has 102 valence electrons. The lowest BCUT2D eigenvalue weighted by atomic mass is 10.1. The van der Waals surface area contributed by atoms with Gasteiger partial charge >= 0.3 is 0 Å². The fraction of sp³-hybridized carbons (Fsp3) is 0.900. The van der Waals surface area contributed by atoms with E-state index >= 15 is 0 Å². The van der Waals surface area contributed by atoms with Crippen molar-refractivity contribution in [2.24, 2.45) is 0 Å². The molecule has 0 saturated carbocycles. The zero-order chi connectivity index (χ0) is 12.2. The summed E-state index contributed by atoms with van der Waals surface area (Å²) in [5.41, 5.74) is 0. The van der Waals surface area contributed by atoms with Crippen LogP contribution in [0.15, 0.2) is 0 Å². The molecule has 1 aliphatic heterocycles. The van der Waals surface area contributed by atoms with E-state index in [4.69, 9.17) is 0 Å². The van der Waals surface area contributed by atoms with Crippen LogP contribution in [0.4, 0.5) is 0 Å². The summed E-state index contributed by atoms with van der Waals surface area (Å²) in [4.78, 5) is 11.5. The first-order valence-electron chi connectivity index (χ1n) is 5.61. The number of hydrogen-bond donors (Lipinski definition) is 2. The van der Waals surface area contributed by atoms with E-state index in [1.165, 1.54) is 13.3 Å². The molecule has 2 atom stereocenters. The zero-order valence-electron chi connectivity index (χ0n) is 10.2. The van der Waals surface area contributed by atoms with Crippen molar-refractivity contribution in [2.75, 3.05) is 19.3 Å². The second-order valence-electron chi connectivity index (χ2n) is 4.34. The number of amides is 1. The number of hydrogen-bond acceptors (Lipinski definition) is 4. The van der Waals surface area contributed by atoms with Gasteiger partial charge in [-0.1, -0.05) is 0 Å². The average Bonchev–Trinajstić information content (AvgIpc) is 2.67. The van der Waals surface area contributed by atoms with Crippen LogP contribution < -0.4 is 10.6 Å². The minimum absolute atomic E-state index is 0. The van der Waals surface area contributed by atoms with Crippen LogP contribution in [-0.2, 0) is 14.6 Å². The molecule has 1 rings (SSSR count). The van der Waals surface area contributed by atoms with Gasteiger partial charge in [0.2, 0.25) is 5.91 Å². The maximum atomic E-state index is 11.5. The molecule has 1 aliphatic rings. The second-order valence-corrected chi connectivity index (χ2v) is 6.71. The molecule has 17 heavy (non-hydrogen) atoms. The molecule has 7 heteroatoms. The number of carbonyl (C=O) groups is 1. The van der Waals surface area contributed by atoms with Crippen LogP contribution >= 0.6 is 12.4 Å². The van der Waals surface area contributed by atoms with Gasteiger partial charge in [0, 0.05) is 18.8 Å². The fourth-order valence-corrected chi connectivity index (χ4v) is 2.18. The summed E-state index contributed by atoms with van der Waals surface area (Å²) < 4.78 is 22.2. The number of nitrogens with one attached hydrogen (secondary N) is 2. The van der Waals surface area contributed by atoms with Gasteiger partial charge in [0.15, 0.2) is 9.84 Å². The van der Waals surface area contributed by atoms with Gasteiger partial charge in [-0.2, -0.15) is 0 Å². The lowest BCUT2D eigenvalue weighted by Gasteiger charge is -2.13. The lowest BCUT2D eigenvalue weighted by Crippen LogP contribution is -2.39. The van der Waals surface area contributed by atoms with Crippen LogP contribution in [0.3, 0.4) is 0 Å². The van der Waals surface area contributed by atoms with Crippen molar-refractivity contribution in [1.29, 1.82) is 0 Å². The molecule has 1 heterocycles. The van der Waals surface area contributed by atoms with Crippen LogP contribution in [-0.4, -0.2) is 45.0 Å². The van der Waals surface area contributed by atoms with Crippen molar-refractivity contribution < 1.29 is 13.2 Å². The molecule has 1 saturated heterocycles. The molecule has 2 N–H and O–H groups in total. The highest BCUT2D eigenvalue weighted by Gasteiger charge is 2.23. The third-order valence-electron chi connectivity index (χ3n) is 2.97. The van der Waals surface area contributed by atoms with E-state index in [0.717, 1.165) is 25.6 Å². The van der Waals surface area contributed by atoms with Crippen molar-refractivity contribution in [3.63, 3.8) is 0 Å². The Morgan fingerprint density at radius 1 is 1.53 bits per heavy atom. The van der Waals surface area contributed by atoms with Gasteiger partial charge in [0.1, 0.15) is 5.25 Å². The van der Waals surface area contributed by atoms with Crippen LogP contribution in [0.25, 0.3) is 0 Å². The first-order chi connectivity index (χ1) is 7.41. The molecule has 1 unspecified atom stereocenters. The molecule has 0 aromatic carbocycles. The Kier molecular flexibility index (Phi) is 7.04. The Morgan fingerprint density at radius 2 is 2.18 bits per heavy atom. The Hall–Kier alpha value is -0.330. The molecule has 0 aromatic heterocycles. The summed E-state index contributed by atoms with van der Waals surface area (Å²) in [6.07, 6.45) is 4.26. The Labute approximate surface area is 109 Å². The van der Waals surface area contributed by atoms with E-state index in [1.807, 2.05) is 0 Å². The van der Waals surface area contributed by atoms with Gasteiger partial charge in [-0.15, -0.1) is 12.4 Å². The second kappa shape index (κ2) is 7.18. The Morgan fingerprint density at radius 3 is 2.65 bits per heavy atom. The van der Waals surface area contributed by atoms with Crippen molar-refractivity contribution in [3.05, 3.63) is 0 Å². The first-order valence-corrected chi connectivity index (χ1v) is 7.56. The van der Waals surface area contributed by atoms with Gasteiger partial charge in [0.05, 0.1) is 0 Å². The lowest BCUT2D eigenvalue weighted by molar-refractivity contribution is -0.120. The minimum Gasteiger partial charge on any atom is -0.355 e. The van der Waals surface area contributed by atoms with Crippen LogP contribution in [0, 0.1) is 0 Å². The summed E-state index contributed by atoms with van der Waals surface area (Å²) in [5, 5.41) is 5.02. The number of sulfone groups is 1. The fourth-order valence-electron chi connectivity index (χ4n) is 1.71. The molecule has 1 fully saturated rings. The summed E-state index contributed by atoms with van der Waals surface area (Å²) in [6.45, 7) is 2.99. The maximum Gasteiger partial charge on any atom is 0.238 e. The van der Waals surface area contributed by atoms with E-state index in [9.17, 15) is 13.2 Å². The largest absolute Gasteiger partial charge is 0.355 e. The summed E-state index contributed by atoms with van der Waals surface area (Å²) in [7, 11) is -3.28. The smallest absolute Gasteiger partial charge is 0.238 e. The van der Waals surface area contributed by atoms with E-state index in [-0.39, 0.29) is 12.4 Å². The molecular weight excluding hydrogens is 264 g/mol. The first kappa shape index (κ1) is 16.7. The zero-order valence-corrected chi connectivity index (χ0v) is 11.9. The molecule has 0 aromatic rings. The molecule has 1 amide bonds. The van der Waals surface area contributed by atoms with Crippen LogP contribution in [0.2, 0.25) is 0 Å². The quantitative estimate of drug-likeness (QED) is 0.751. The summed E-state index contributed by atoms with van der Waals surface area (Å²) >= 11 is 0. The highest BCUT2D eigenvalue weighted by molar-refractivity contribution is 7.92. The van der Waals surface area contributed by atoms with Crippen LogP contribution in [0.1, 0.15) is 26.2 Å². The number of carbonyl (C=O) groups excluding carboxylic acids is 1. The van der Waals surface area contributed by atoms with E-state index in [1.54, 1.807) is 0 Å². The third-order valence-corrected chi connectivity index (χ3v) is 4.46. The normalized spacial score (nSPS) is 21.6. The van der Waals surface area contributed by atoms with Crippen molar-refractivity contribution in [3.8, 4) is 0 Å².